The quantitative estimate of drug-likeness (QED) is 0.295. The minimum absolute atomic E-state index is 0.284. The third-order valence-corrected chi connectivity index (χ3v) is 1.50. The molecule has 1 aliphatic heterocycles. The predicted molar refractivity (Wildman–Crippen MR) is 41.7 cm³/mol. The van der Waals surface area contributed by atoms with Gasteiger partial charge in [-0.1, -0.05) is 5.92 Å². The average Bonchev–Trinajstić information content (AvgIpc) is 2.07. The van der Waals surface area contributed by atoms with Crippen LogP contribution in [0, 0.1) is 12.3 Å². The van der Waals surface area contributed by atoms with Crippen LogP contribution in [0.4, 0.5) is 0 Å². The second kappa shape index (κ2) is 2.43. The van der Waals surface area contributed by atoms with Crippen molar-refractivity contribution in [2.75, 3.05) is 0 Å². The number of rotatable bonds is 0. The number of ether oxygens (including phenoxy) is 1. The fraction of sp³-hybridized carbons (Fsp3) is 0.444. The predicted octanol–water partition coefficient (Wildman–Crippen LogP) is 1.27. The van der Waals surface area contributed by atoms with Gasteiger partial charge in [-0.15, -0.1) is 6.42 Å². The maximum Gasteiger partial charge on any atom is 0.335 e. The van der Waals surface area contributed by atoms with Crippen molar-refractivity contribution in [2.24, 2.45) is 0 Å². The lowest BCUT2D eigenvalue weighted by molar-refractivity contribution is -0.143. The summed E-state index contributed by atoms with van der Waals surface area (Å²) >= 11 is 0. The van der Waals surface area contributed by atoms with E-state index >= 15 is 0 Å². The van der Waals surface area contributed by atoms with Crippen LogP contribution in [0.1, 0.15) is 20.3 Å². The van der Waals surface area contributed by atoms with Crippen LogP contribution < -0.4 is 0 Å². The molecule has 0 saturated carbocycles. The molecule has 1 rings (SSSR count). The van der Waals surface area contributed by atoms with Gasteiger partial charge in [0.2, 0.25) is 0 Å². The molecular weight excluding hydrogens is 140 g/mol. The second-order valence-electron chi connectivity index (χ2n) is 3.16. The van der Waals surface area contributed by atoms with E-state index in [-0.39, 0.29) is 11.6 Å². The van der Waals surface area contributed by atoms with Crippen molar-refractivity contribution in [3.05, 3.63) is 11.6 Å². The molecule has 0 spiro atoms. The highest BCUT2D eigenvalue weighted by Gasteiger charge is 2.34. The molecule has 0 amide bonds. The minimum Gasteiger partial charge on any atom is -0.456 e. The van der Waals surface area contributed by atoms with E-state index in [9.17, 15) is 4.79 Å². The van der Waals surface area contributed by atoms with E-state index in [1.165, 1.54) is 6.08 Å². The Bertz CT molecular complexity index is 253. The van der Waals surface area contributed by atoms with Crippen LogP contribution in [0.3, 0.4) is 0 Å². The van der Waals surface area contributed by atoms with E-state index in [0.717, 1.165) is 0 Å². The third-order valence-electron chi connectivity index (χ3n) is 1.50. The molecular formula is C9H10O2. The lowest BCUT2D eigenvalue weighted by Gasteiger charge is -2.13. The first-order valence-electron chi connectivity index (χ1n) is 3.44. The summed E-state index contributed by atoms with van der Waals surface area (Å²) in [6, 6.07) is 0. The van der Waals surface area contributed by atoms with E-state index in [2.05, 4.69) is 5.92 Å². The summed E-state index contributed by atoms with van der Waals surface area (Å²) in [7, 11) is 0. The first kappa shape index (κ1) is 7.87. The Labute approximate surface area is 66.2 Å². The van der Waals surface area contributed by atoms with Crippen LogP contribution in [0.2, 0.25) is 0 Å². The zero-order valence-electron chi connectivity index (χ0n) is 6.68. The molecule has 0 aromatic rings. The summed E-state index contributed by atoms with van der Waals surface area (Å²) in [6.07, 6.45) is 7.10. The molecule has 0 radical (unpaired) electrons. The molecule has 0 atom stereocenters. The van der Waals surface area contributed by atoms with E-state index in [1.54, 1.807) is 0 Å². The molecule has 1 aliphatic rings. The molecule has 1 saturated heterocycles. The van der Waals surface area contributed by atoms with Gasteiger partial charge in [0.15, 0.2) is 0 Å². The van der Waals surface area contributed by atoms with E-state index in [1.807, 2.05) is 13.8 Å². The maximum atomic E-state index is 11.0. The van der Waals surface area contributed by atoms with Crippen molar-refractivity contribution in [3.8, 4) is 12.3 Å². The monoisotopic (exact) mass is 150 g/mol. The average molecular weight is 150 g/mol. The smallest absolute Gasteiger partial charge is 0.335 e. The Kier molecular flexibility index (Phi) is 1.74. The fourth-order valence-corrected chi connectivity index (χ4v) is 1.09. The van der Waals surface area contributed by atoms with Crippen LogP contribution in [0.15, 0.2) is 11.6 Å². The summed E-state index contributed by atoms with van der Waals surface area (Å²) in [5.74, 6) is 2.03. The van der Waals surface area contributed by atoms with Gasteiger partial charge in [-0.25, -0.2) is 4.79 Å². The molecule has 0 N–H and O–H groups in total. The second-order valence-corrected chi connectivity index (χ2v) is 3.16. The van der Waals surface area contributed by atoms with Crippen molar-refractivity contribution in [2.45, 2.75) is 25.9 Å². The van der Waals surface area contributed by atoms with Crippen molar-refractivity contribution in [1.82, 2.24) is 0 Å². The summed E-state index contributed by atoms with van der Waals surface area (Å²) in [4.78, 5) is 11.0. The number of hydrogen-bond acceptors (Lipinski definition) is 2. The van der Waals surface area contributed by atoms with Gasteiger partial charge in [0.25, 0.3) is 0 Å². The Hall–Kier alpha value is -1.23. The molecule has 0 aromatic carbocycles. The van der Waals surface area contributed by atoms with E-state index in [4.69, 9.17) is 11.2 Å². The van der Waals surface area contributed by atoms with Gasteiger partial charge in [-0.05, 0) is 19.9 Å². The largest absolute Gasteiger partial charge is 0.456 e. The summed E-state index contributed by atoms with van der Waals surface area (Å²) in [5.41, 5.74) is 0.220. The van der Waals surface area contributed by atoms with Crippen molar-refractivity contribution >= 4 is 5.97 Å². The van der Waals surface area contributed by atoms with E-state index < -0.39 is 0 Å². The van der Waals surface area contributed by atoms with Gasteiger partial charge in [0, 0.05) is 12.0 Å². The van der Waals surface area contributed by atoms with Gasteiger partial charge >= 0.3 is 5.97 Å². The molecule has 2 nitrogen and oxygen atoms in total. The summed E-state index contributed by atoms with van der Waals surface area (Å²) in [5, 5.41) is 0. The van der Waals surface area contributed by atoms with Crippen LogP contribution in [0.25, 0.3) is 0 Å². The third kappa shape index (κ3) is 1.62. The van der Waals surface area contributed by atoms with Gasteiger partial charge < -0.3 is 4.74 Å². The van der Waals surface area contributed by atoms with E-state index in [0.29, 0.717) is 12.0 Å². The Morgan fingerprint density at radius 2 is 2.36 bits per heavy atom. The zero-order valence-corrected chi connectivity index (χ0v) is 6.68. The number of allylic oxidation sites excluding steroid dienone is 1. The number of terminal acetylenes is 1. The maximum absolute atomic E-state index is 11.0. The summed E-state index contributed by atoms with van der Waals surface area (Å²) < 4.78 is 5.01. The Morgan fingerprint density at radius 1 is 1.73 bits per heavy atom. The molecule has 0 bridgehead atoms. The van der Waals surface area contributed by atoms with Crippen LogP contribution in [-0.4, -0.2) is 11.6 Å². The van der Waals surface area contributed by atoms with Gasteiger partial charge in [0.1, 0.15) is 5.60 Å². The highest BCUT2D eigenvalue weighted by atomic mass is 16.6. The molecule has 0 aromatic heterocycles. The molecule has 11 heavy (non-hydrogen) atoms. The number of esters is 1. The summed E-state index contributed by atoms with van der Waals surface area (Å²) in [6.45, 7) is 3.73. The number of cyclic esters (lactones) is 1. The normalized spacial score (nSPS) is 24.8. The highest BCUT2D eigenvalue weighted by molar-refractivity contribution is 5.91. The van der Waals surface area contributed by atoms with Gasteiger partial charge in [-0.2, -0.15) is 0 Å². The van der Waals surface area contributed by atoms with Crippen LogP contribution in [0.5, 0.6) is 0 Å². The fourth-order valence-electron chi connectivity index (χ4n) is 1.09. The molecule has 2 heteroatoms. The van der Waals surface area contributed by atoms with Crippen molar-refractivity contribution in [3.63, 3.8) is 0 Å². The highest BCUT2D eigenvalue weighted by Crippen LogP contribution is 2.29. The molecule has 1 fully saturated rings. The van der Waals surface area contributed by atoms with Gasteiger partial charge in [0.05, 0.1) is 0 Å². The topological polar surface area (TPSA) is 26.3 Å². The SMILES string of the molecule is C#CC=C1CC(C)(C)OC1=O. The molecule has 0 aliphatic carbocycles. The first-order valence-corrected chi connectivity index (χ1v) is 3.44. The Morgan fingerprint density at radius 3 is 2.73 bits per heavy atom. The number of hydrogen-bond donors (Lipinski definition) is 0. The molecule has 1 heterocycles. The van der Waals surface area contributed by atoms with Crippen LogP contribution in [-0.2, 0) is 9.53 Å². The molecule has 0 unspecified atom stereocenters. The number of carbonyl (C=O) groups is 1. The standard InChI is InChI=1S/C9H10O2/c1-4-5-7-6-9(2,3)11-8(7)10/h1,5H,6H2,2-3H3. The minimum atomic E-state index is -0.375. The van der Waals surface area contributed by atoms with Gasteiger partial charge in [-0.3, -0.25) is 0 Å². The Balaban J connectivity index is 2.85. The number of carbonyl (C=O) groups excluding carboxylic acids is 1. The molecule has 58 valence electrons. The lowest BCUT2D eigenvalue weighted by Crippen LogP contribution is -2.17. The zero-order chi connectivity index (χ0) is 8.48. The van der Waals surface area contributed by atoms with Crippen molar-refractivity contribution < 1.29 is 9.53 Å². The lowest BCUT2D eigenvalue weighted by atomic mass is 10.0. The van der Waals surface area contributed by atoms with Crippen LogP contribution >= 0.6 is 0 Å². The first-order chi connectivity index (χ1) is 5.05. The van der Waals surface area contributed by atoms with Crippen molar-refractivity contribution in [1.29, 1.82) is 0 Å².